The summed E-state index contributed by atoms with van der Waals surface area (Å²) in [6.07, 6.45) is 1.55. The number of carbonyl (C=O) groups excluding carboxylic acids is 1. The van der Waals surface area contributed by atoms with Gasteiger partial charge in [0.2, 0.25) is 0 Å². The van der Waals surface area contributed by atoms with Gasteiger partial charge in [0, 0.05) is 11.8 Å². The monoisotopic (exact) mass is 329 g/mol. The number of nitrogens with zero attached hydrogens (tertiary/aromatic N) is 4. The van der Waals surface area contributed by atoms with E-state index in [1.54, 1.807) is 18.0 Å². The van der Waals surface area contributed by atoms with Gasteiger partial charge in [0.1, 0.15) is 18.0 Å². The van der Waals surface area contributed by atoms with Crippen LogP contribution in [-0.4, -0.2) is 39.1 Å². The molecular formula is C15H15N5O2S. The van der Waals surface area contributed by atoms with Crippen molar-refractivity contribution in [1.29, 1.82) is 10.7 Å². The van der Waals surface area contributed by atoms with Crippen molar-refractivity contribution in [3.63, 3.8) is 0 Å². The average Bonchev–Trinajstić information content (AvgIpc) is 3.01. The van der Waals surface area contributed by atoms with Gasteiger partial charge in [0.05, 0.1) is 24.6 Å². The van der Waals surface area contributed by atoms with Crippen molar-refractivity contribution < 1.29 is 9.53 Å². The van der Waals surface area contributed by atoms with Gasteiger partial charge in [-0.15, -0.1) is 10.2 Å². The van der Waals surface area contributed by atoms with E-state index in [0.717, 1.165) is 5.69 Å². The second-order valence-corrected chi connectivity index (χ2v) is 5.63. The van der Waals surface area contributed by atoms with Crippen LogP contribution in [0.25, 0.3) is 5.69 Å². The van der Waals surface area contributed by atoms with Gasteiger partial charge in [0.15, 0.2) is 10.9 Å². The molecule has 1 aromatic carbocycles. The second-order valence-electron chi connectivity index (χ2n) is 4.69. The lowest BCUT2D eigenvalue weighted by Gasteiger charge is -2.08. The van der Waals surface area contributed by atoms with Crippen LogP contribution < -0.4 is 4.74 Å². The van der Waals surface area contributed by atoms with E-state index in [1.165, 1.54) is 18.7 Å². The van der Waals surface area contributed by atoms with Crippen LogP contribution in [0.5, 0.6) is 5.75 Å². The first-order valence-electron chi connectivity index (χ1n) is 6.71. The number of methoxy groups -OCH3 is 1. The molecule has 0 saturated heterocycles. The summed E-state index contributed by atoms with van der Waals surface area (Å²) < 4.78 is 6.92. The van der Waals surface area contributed by atoms with Gasteiger partial charge >= 0.3 is 0 Å². The van der Waals surface area contributed by atoms with Crippen molar-refractivity contribution in [1.82, 2.24) is 14.8 Å². The lowest BCUT2D eigenvalue weighted by atomic mass is 10.0. The lowest BCUT2D eigenvalue weighted by Crippen LogP contribution is -2.21. The first kappa shape index (κ1) is 16.7. The normalized spacial score (nSPS) is 11.5. The van der Waals surface area contributed by atoms with Gasteiger partial charge in [0.25, 0.3) is 0 Å². The highest BCUT2D eigenvalue weighted by Gasteiger charge is 2.21. The molecule has 7 nitrogen and oxygen atoms in total. The summed E-state index contributed by atoms with van der Waals surface area (Å²) in [6.45, 7) is 1.45. The molecule has 0 aliphatic heterocycles. The molecule has 23 heavy (non-hydrogen) atoms. The smallest absolute Gasteiger partial charge is 0.196 e. The van der Waals surface area contributed by atoms with Gasteiger partial charge in [-0.05, 0) is 19.1 Å². The third kappa shape index (κ3) is 3.96. The summed E-state index contributed by atoms with van der Waals surface area (Å²) >= 11 is 1.18. The molecule has 1 N–H and O–H groups in total. The fraction of sp³-hybridized carbons (Fsp3) is 0.267. The Hall–Kier alpha value is -2.66. The SMILES string of the molecule is COc1cccc(-n2cnnc2SCC(=O)C(C#N)C(C)=N)c1. The Balaban J connectivity index is 2.14. The maximum atomic E-state index is 12.0. The number of ketones is 1. The predicted molar refractivity (Wildman–Crippen MR) is 86.1 cm³/mol. The topological polar surface area (TPSA) is 105 Å². The quantitative estimate of drug-likeness (QED) is 0.616. The van der Waals surface area contributed by atoms with E-state index in [9.17, 15) is 4.79 Å². The highest BCUT2D eigenvalue weighted by atomic mass is 32.2. The Bertz CT molecular complexity index is 765. The highest BCUT2D eigenvalue weighted by Crippen LogP contribution is 2.23. The molecular weight excluding hydrogens is 314 g/mol. The number of ether oxygens (including phenoxy) is 1. The van der Waals surface area contributed by atoms with Crippen LogP contribution in [0, 0.1) is 22.7 Å². The summed E-state index contributed by atoms with van der Waals surface area (Å²) in [6, 6.07) is 9.22. The summed E-state index contributed by atoms with van der Waals surface area (Å²) in [5, 5.41) is 24.8. The molecule has 0 spiro atoms. The molecule has 0 radical (unpaired) electrons. The number of rotatable bonds is 7. The fourth-order valence-electron chi connectivity index (χ4n) is 1.89. The maximum absolute atomic E-state index is 12.0. The van der Waals surface area contributed by atoms with Gasteiger partial charge < -0.3 is 10.1 Å². The third-order valence-electron chi connectivity index (χ3n) is 3.08. The molecule has 2 aromatic rings. The van der Waals surface area contributed by atoms with Crippen molar-refractivity contribution >= 4 is 23.3 Å². The molecule has 2 rings (SSSR count). The van der Waals surface area contributed by atoms with E-state index < -0.39 is 5.92 Å². The minimum atomic E-state index is -1.00. The Kier molecular flexibility index (Phi) is 5.49. The summed E-state index contributed by atoms with van der Waals surface area (Å²) in [4.78, 5) is 12.0. The summed E-state index contributed by atoms with van der Waals surface area (Å²) in [7, 11) is 1.58. The number of carbonyl (C=O) groups is 1. The molecule has 0 aliphatic rings. The standard InChI is InChI=1S/C15H15N5O2S/c1-10(17)13(7-16)14(21)8-23-15-19-18-9-20(15)11-4-3-5-12(6-11)22-2/h3-6,9,13,17H,8H2,1-2H3. The number of nitriles is 1. The summed E-state index contributed by atoms with van der Waals surface area (Å²) in [5.74, 6) is -0.565. The van der Waals surface area contributed by atoms with Gasteiger partial charge in [-0.3, -0.25) is 9.36 Å². The van der Waals surface area contributed by atoms with E-state index in [0.29, 0.717) is 10.9 Å². The lowest BCUT2D eigenvalue weighted by molar-refractivity contribution is -0.117. The third-order valence-corrected chi connectivity index (χ3v) is 4.04. The molecule has 1 atom stereocenters. The number of hydrogen-bond acceptors (Lipinski definition) is 7. The fourth-order valence-corrected chi connectivity index (χ4v) is 2.72. The van der Waals surface area contributed by atoms with Crippen LogP contribution in [0.3, 0.4) is 0 Å². The van der Waals surface area contributed by atoms with Crippen molar-refractivity contribution in [2.75, 3.05) is 12.9 Å². The van der Waals surface area contributed by atoms with Crippen LogP contribution in [-0.2, 0) is 4.79 Å². The predicted octanol–water partition coefficient (Wildman–Crippen LogP) is 2.12. The number of hydrogen-bond donors (Lipinski definition) is 1. The van der Waals surface area contributed by atoms with Gasteiger partial charge in [-0.1, -0.05) is 17.8 Å². The van der Waals surface area contributed by atoms with E-state index in [-0.39, 0.29) is 17.2 Å². The molecule has 8 heteroatoms. The van der Waals surface area contributed by atoms with Crippen molar-refractivity contribution in [2.45, 2.75) is 12.1 Å². The largest absolute Gasteiger partial charge is 0.497 e. The number of Topliss-reactive ketones (excluding diaryl/α,β-unsaturated/α-hetero) is 1. The molecule has 0 fully saturated rings. The van der Waals surface area contributed by atoms with E-state index in [1.807, 2.05) is 30.3 Å². The first-order valence-corrected chi connectivity index (χ1v) is 7.70. The molecule has 0 aliphatic carbocycles. The van der Waals surface area contributed by atoms with Crippen LogP contribution in [0.1, 0.15) is 6.92 Å². The zero-order valence-corrected chi connectivity index (χ0v) is 13.5. The minimum Gasteiger partial charge on any atom is -0.497 e. The molecule has 118 valence electrons. The summed E-state index contributed by atoms with van der Waals surface area (Å²) in [5.41, 5.74) is 0.858. The Morgan fingerprint density at radius 3 is 3.00 bits per heavy atom. The van der Waals surface area contributed by atoms with E-state index >= 15 is 0 Å². The van der Waals surface area contributed by atoms with Crippen LogP contribution in [0.4, 0.5) is 0 Å². The number of nitrogens with one attached hydrogen (secondary N) is 1. The van der Waals surface area contributed by atoms with Crippen molar-refractivity contribution in [3.8, 4) is 17.5 Å². The first-order chi connectivity index (χ1) is 11.1. The van der Waals surface area contributed by atoms with Gasteiger partial charge in [-0.25, -0.2) is 0 Å². The maximum Gasteiger partial charge on any atom is 0.196 e. The zero-order valence-electron chi connectivity index (χ0n) is 12.7. The van der Waals surface area contributed by atoms with Crippen LogP contribution in [0.15, 0.2) is 35.7 Å². The molecule has 0 bridgehead atoms. The Morgan fingerprint density at radius 2 is 2.35 bits per heavy atom. The van der Waals surface area contributed by atoms with Gasteiger partial charge in [-0.2, -0.15) is 5.26 Å². The van der Waals surface area contributed by atoms with E-state index in [2.05, 4.69) is 10.2 Å². The molecule has 1 aromatic heterocycles. The van der Waals surface area contributed by atoms with Crippen molar-refractivity contribution in [2.24, 2.45) is 5.92 Å². The Labute approximate surface area is 137 Å². The molecule has 1 unspecified atom stereocenters. The molecule has 1 heterocycles. The minimum absolute atomic E-state index is 0.0485. The zero-order chi connectivity index (χ0) is 16.8. The number of thioether (sulfide) groups is 1. The van der Waals surface area contributed by atoms with Crippen LogP contribution in [0.2, 0.25) is 0 Å². The number of aromatic nitrogens is 3. The second kappa shape index (κ2) is 7.56. The number of benzene rings is 1. The molecule has 0 amide bonds. The van der Waals surface area contributed by atoms with E-state index in [4.69, 9.17) is 15.4 Å². The Morgan fingerprint density at radius 1 is 1.57 bits per heavy atom. The van der Waals surface area contributed by atoms with Crippen molar-refractivity contribution in [3.05, 3.63) is 30.6 Å². The highest BCUT2D eigenvalue weighted by molar-refractivity contribution is 7.99. The average molecular weight is 329 g/mol. The van der Waals surface area contributed by atoms with Crippen LogP contribution >= 0.6 is 11.8 Å². The molecule has 0 saturated carbocycles.